The Morgan fingerprint density at radius 2 is 2.00 bits per heavy atom. The molecule has 0 unspecified atom stereocenters. The number of hydrogen-bond acceptors (Lipinski definition) is 4. The molecule has 0 saturated heterocycles. The first-order valence-corrected chi connectivity index (χ1v) is 7.24. The molecule has 0 amide bonds. The summed E-state index contributed by atoms with van der Waals surface area (Å²) >= 11 is 0. The molecule has 0 aromatic heterocycles. The molecule has 5 heteroatoms. The molecule has 5 nitrogen and oxygen atoms in total. The lowest BCUT2D eigenvalue weighted by Crippen LogP contribution is -2.12. The maximum atomic E-state index is 10.7. The SMILES string of the molecule is O=[N+]([O-])c1cccc(CO/N=C2\CCCc3ccccc32)c1. The lowest BCUT2D eigenvalue weighted by Gasteiger charge is -2.16. The Morgan fingerprint density at radius 1 is 1.14 bits per heavy atom. The molecule has 22 heavy (non-hydrogen) atoms. The van der Waals surface area contributed by atoms with Crippen molar-refractivity contribution in [1.29, 1.82) is 0 Å². The van der Waals surface area contributed by atoms with Crippen molar-refractivity contribution in [2.75, 3.05) is 0 Å². The van der Waals surface area contributed by atoms with Gasteiger partial charge in [0.1, 0.15) is 6.61 Å². The quantitative estimate of drug-likeness (QED) is 0.635. The van der Waals surface area contributed by atoms with E-state index in [0.717, 1.165) is 36.1 Å². The molecular weight excluding hydrogens is 280 g/mol. The third-order valence-corrected chi connectivity index (χ3v) is 3.72. The molecule has 0 spiro atoms. The van der Waals surface area contributed by atoms with Crippen LogP contribution in [-0.4, -0.2) is 10.6 Å². The first kappa shape index (κ1) is 14.3. The molecule has 2 aromatic rings. The number of rotatable bonds is 4. The normalized spacial score (nSPS) is 15.4. The molecule has 0 heterocycles. The number of aryl methyl sites for hydroxylation is 1. The van der Waals surface area contributed by atoms with E-state index in [1.54, 1.807) is 12.1 Å². The van der Waals surface area contributed by atoms with Gasteiger partial charge >= 0.3 is 0 Å². The van der Waals surface area contributed by atoms with E-state index in [2.05, 4.69) is 17.3 Å². The summed E-state index contributed by atoms with van der Waals surface area (Å²) < 4.78 is 0. The Bertz CT molecular complexity index is 725. The molecule has 0 radical (unpaired) electrons. The van der Waals surface area contributed by atoms with Gasteiger partial charge in [-0.15, -0.1) is 0 Å². The minimum Gasteiger partial charge on any atom is -0.391 e. The number of non-ortho nitro benzene ring substituents is 1. The Morgan fingerprint density at radius 3 is 2.86 bits per heavy atom. The number of nitrogens with zero attached hydrogens (tertiary/aromatic N) is 2. The summed E-state index contributed by atoms with van der Waals surface area (Å²) in [5.41, 5.74) is 4.20. The zero-order valence-corrected chi connectivity index (χ0v) is 12.1. The smallest absolute Gasteiger partial charge is 0.269 e. The summed E-state index contributed by atoms with van der Waals surface area (Å²) in [7, 11) is 0. The molecule has 0 bridgehead atoms. The van der Waals surface area contributed by atoms with Gasteiger partial charge < -0.3 is 4.84 Å². The third-order valence-electron chi connectivity index (χ3n) is 3.72. The van der Waals surface area contributed by atoms with Gasteiger partial charge in [-0.2, -0.15) is 0 Å². The fourth-order valence-corrected chi connectivity index (χ4v) is 2.64. The average Bonchev–Trinajstić information content (AvgIpc) is 2.55. The molecule has 0 aliphatic heterocycles. The van der Waals surface area contributed by atoms with Gasteiger partial charge in [0.15, 0.2) is 0 Å². The van der Waals surface area contributed by atoms with Crippen LogP contribution in [0.5, 0.6) is 0 Å². The Balaban J connectivity index is 1.71. The van der Waals surface area contributed by atoms with Crippen molar-refractivity contribution < 1.29 is 9.76 Å². The number of oxime groups is 1. The van der Waals surface area contributed by atoms with Gasteiger partial charge in [-0.05, 0) is 30.4 Å². The first-order chi connectivity index (χ1) is 10.7. The van der Waals surface area contributed by atoms with E-state index >= 15 is 0 Å². The van der Waals surface area contributed by atoms with Crippen molar-refractivity contribution in [3.63, 3.8) is 0 Å². The molecule has 0 N–H and O–H groups in total. The summed E-state index contributed by atoms with van der Waals surface area (Å²) in [5.74, 6) is 0. The molecule has 2 aromatic carbocycles. The van der Waals surface area contributed by atoms with Gasteiger partial charge in [0.05, 0.1) is 10.6 Å². The second-order valence-electron chi connectivity index (χ2n) is 5.25. The molecule has 1 aliphatic carbocycles. The molecule has 0 atom stereocenters. The Labute approximate surface area is 128 Å². The van der Waals surface area contributed by atoms with Gasteiger partial charge in [-0.25, -0.2) is 0 Å². The summed E-state index contributed by atoms with van der Waals surface area (Å²) in [6, 6.07) is 14.6. The van der Waals surface area contributed by atoms with Crippen LogP contribution in [-0.2, 0) is 17.9 Å². The highest BCUT2D eigenvalue weighted by molar-refractivity contribution is 6.02. The summed E-state index contributed by atoms with van der Waals surface area (Å²) in [4.78, 5) is 15.8. The highest BCUT2D eigenvalue weighted by Gasteiger charge is 2.15. The van der Waals surface area contributed by atoms with Crippen LogP contribution in [0.4, 0.5) is 5.69 Å². The van der Waals surface area contributed by atoms with Crippen LogP contribution in [0.15, 0.2) is 53.7 Å². The predicted octanol–water partition coefficient (Wildman–Crippen LogP) is 3.85. The van der Waals surface area contributed by atoms with Crippen molar-refractivity contribution in [3.8, 4) is 0 Å². The molecule has 0 saturated carbocycles. The fourth-order valence-electron chi connectivity index (χ4n) is 2.64. The van der Waals surface area contributed by atoms with Crippen molar-refractivity contribution in [2.45, 2.75) is 25.9 Å². The number of benzene rings is 2. The summed E-state index contributed by atoms with van der Waals surface area (Å²) in [5, 5.41) is 15.0. The van der Waals surface area contributed by atoms with Crippen molar-refractivity contribution in [3.05, 3.63) is 75.3 Å². The van der Waals surface area contributed by atoms with Crippen molar-refractivity contribution in [2.24, 2.45) is 5.16 Å². The molecule has 3 rings (SSSR count). The topological polar surface area (TPSA) is 64.7 Å². The van der Waals surface area contributed by atoms with E-state index < -0.39 is 4.92 Å². The van der Waals surface area contributed by atoms with Gasteiger partial charge in [-0.3, -0.25) is 10.1 Å². The lowest BCUT2D eigenvalue weighted by atomic mass is 9.90. The zero-order valence-electron chi connectivity index (χ0n) is 12.1. The van der Waals surface area contributed by atoms with Gasteiger partial charge in [0.2, 0.25) is 0 Å². The van der Waals surface area contributed by atoms with Crippen LogP contribution in [0, 0.1) is 10.1 Å². The maximum Gasteiger partial charge on any atom is 0.269 e. The van der Waals surface area contributed by atoms with E-state index in [1.807, 2.05) is 12.1 Å². The maximum absolute atomic E-state index is 10.7. The van der Waals surface area contributed by atoms with E-state index in [4.69, 9.17) is 4.84 Å². The number of fused-ring (bicyclic) bond motifs is 1. The average molecular weight is 296 g/mol. The predicted molar refractivity (Wildman–Crippen MR) is 83.8 cm³/mol. The van der Waals surface area contributed by atoms with E-state index in [1.165, 1.54) is 17.7 Å². The van der Waals surface area contributed by atoms with Gasteiger partial charge in [0.25, 0.3) is 5.69 Å². The molecular formula is C17H16N2O3. The summed E-state index contributed by atoms with van der Waals surface area (Å²) in [6.07, 6.45) is 3.03. The minimum absolute atomic E-state index is 0.0664. The largest absolute Gasteiger partial charge is 0.391 e. The van der Waals surface area contributed by atoms with E-state index in [-0.39, 0.29) is 12.3 Å². The molecule has 0 fully saturated rings. The molecule has 112 valence electrons. The number of nitro benzene ring substituents is 1. The van der Waals surface area contributed by atoms with Crippen molar-refractivity contribution >= 4 is 11.4 Å². The minimum atomic E-state index is -0.410. The van der Waals surface area contributed by atoms with Crippen LogP contribution in [0.3, 0.4) is 0 Å². The Kier molecular flexibility index (Phi) is 4.14. The van der Waals surface area contributed by atoms with Crippen LogP contribution in [0.25, 0.3) is 0 Å². The zero-order chi connectivity index (χ0) is 15.4. The summed E-state index contributed by atoms with van der Waals surface area (Å²) in [6.45, 7) is 0.230. The van der Waals surface area contributed by atoms with Gasteiger partial charge in [-0.1, -0.05) is 41.6 Å². The van der Waals surface area contributed by atoms with Crippen LogP contribution < -0.4 is 0 Å². The van der Waals surface area contributed by atoms with Gasteiger partial charge in [0, 0.05) is 17.7 Å². The van der Waals surface area contributed by atoms with Crippen molar-refractivity contribution in [1.82, 2.24) is 0 Å². The van der Waals surface area contributed by atoms with Crippen LogP contribution in [0.1, 0.15) is 29.5 Å². The van der Waals surface area contributed by atoms with E-state index in [9.17, 15) is 10.1 Å². The Hall–Kier alpha value is -2.69. The highest BCUT2D eigenvalue weighted by Crippen LogP contribution is 2.22. The highest BCUT2D eigenvalue weighted by atomic mass is 16.6. The second kappa shape index (κ2) is 6.39. The molecule has 1 aliphatic rings. The standard InChI is InChI=1S/C17H16N2O3/c20-19(21)15-8-3-5-13(11-15)12-22-18-17-10-4-7-14-6-1-2-9-16(14)17/h1-3,5-6,8-9,11H,4,7,10,12H2/b18-17+. The number of hydrogen-bond donors (Lipinski definition) is 0. The van der Waals surface area contributed by atoms with Crippen LogP contribution >= 0.6 is 0 Å². The monoisotopic (exact) mass is 296 g/mol. The van der Waals surface area contributed by atoms with Crippen LogP contribution in [0.2, 0.25) is 0 Å². The number of nitro groups is 1. The fraction of sp³-hybridized carbons (Fsp3) is 0.235. The lowest BCUT2D eigenvalue weighted by molar-refractivity contribution is -0.384. The second-order valence-corrected chi connectivity index (χ2v) is 5.25. The first-order valence-electron chi connectivity index (χ1n) is 7.24. The van der Waals surface area contributed by atoms with E-state index in [0.29, 0.717) is 0 Å². The third kappa shape index (κ3) is 3.14.